The smallest absolute Gasteiger partial charge is 0.268 e. The number of sulfonamides is 1. The minimum atomic E-state index is -4.39. The first-order chi connectivity index (χ1) is 12.6. The fourth-order valence-electron chi connectivity index (χ4n) is 2.89. The van der Waals surface area contributed by atoms with Crippen molar-refractivity contribution in [1.82, 2.24) is 14.5 Å². The van der Waals surface area contributed by atoms with E-state index in [4.69, 9.17) is 0 Å². The van der Waals surface area contributed by atoms with E-state index >= 15 is 0 Å². The summed E-state index contributed by atoms with van der Waals surface area (Å²) in [5, 5.41) is 5.02. The fraction of sp³-hybridized carbons (Fsp3) is 0.278. The Kier molecular flexibility index (Phi) is 5.00. The zero-order valence-corrected chi connectivity index (χ0v) is 15.5. The van der Waals surface area contributed by atoms with E-state index in [0.717, 1.165) is 28.6 Å². The molecule has 9 heteroatoms. The molecule has 1 N–H and O–H groups in total. The maximum atomic E-state index is 12.8. The molecule has 0 saturated heterocycles. The molecule has 5 nitrogen and oxygen atoms in total. The predicted molar refractivity (Wildman–Crippen MR) is 97.7 cm³/mol. The molecule has 0 radical (unpaired) electrons. The molecule has 0 aliphatic rings. The maximum Gasteiger partial charge on any atom is 0.416 e. The lowest BCUT2D eigenvalue weighted by Gasteiger charge is -2.11. The number of fused-ring (bicyclic) bond motifs is 1. The summed E-state index contributed by atoms with van der Waals surface area (Å²) in [5.74, 6) is -0.0933. The van der Waals surface area contributed by atoms with E-state index in [0.29, 0.717) is 11.1 Å². The third-order valence-corrected chi connectivity index (χ3v) is 5.81. The Labute approximate surface area is 154 Å². The highest BCUT2D eigenvalue weighted by Gasteiger charge is 2.30. The topological polar surface area (TPSA) is 64.0 Å². The molecule has 3 aromatic rings. The molecule has 0 aliphatic heterocycles. The normalized spacial score (nSPS) is 12.6. The van der Waals surface area contributed by atoms with Crippen molar-refractivity contribution in [3.8, 4) is 11.1 Å². The number of nitrogens with zero attached hydrogens (tertiary/aromatic N) is 2. The monoisotopic (exact) mass is 397 g/mol. The molecule has 0 amide bonds. The number of rotatable bonds is 5. The van der Waals surface area contributed by atoms with Crippen LogP contribution in [0.5, 0.6) is 0 Å². The first-order valence-electron chi connectivity index (χ1n) is 8.14. The van der Waals surface area contributed by atoms with E-state index in [-0.39, 0.29) is 12.2 Å². The average Bonchev–Trinajstić information content (AvgIpc) is 3.00. The lowest BCUT2D eigenvalue weighted by atomic mass is 9.98. The predicted octanol–water partition coefficient (Wildman–Crippen LogP) is 3.35. The van der Waals surface area contributed by atoms with Gasteiger partial charge < -0.3 is 0 Å². The van der Waals surface area contributed by atoms with Crippen LogP contribution in [0.1, 0.15) is 11.1 Å². The van der Waals surface area contributed by atoms with Gasteiger partial charge in [0, 0.05) is 12.4 Å². The van der Waals surface area contributed by atoms with Gasteiger partial charge in [0.15, 0.2) is 0 Å². The van der Waals surface area contributed by atoms with Gasteiger partial charge in [0.2, 0.25) is 10.0 Å². The third-order valence-electron chi connectivity index (χ3n) is 4.45. The fourth-order valence-corrected chi connectivity index (χ4v) is 3.58. The van der Waals surface area contributed by atoms with Crippen LogP contribution in [-0.4, -0.2) is 31.0 Å². The highest BCUT2D eigenvalue weighted by atomic mass is 32.2. The number of benzene rings is 2. The molecule has 0 aliphatic carbocycles. The van der Waals surface area contributed by atoms with Crippen molar-refractivity contribution in [2.24, 2.45) is 7.05 Å². The minimum Gasteiger partial charge on any atom is -0.268 e. The van der Waals surface area contributed by atoms with Crippen LogP contribution in [0, 0.1) is 0 Å². The number of aryl methyl sites for hydroxylation is 2. The Balaban J connectivity index is 2.04. The van der Waals surface area contributed by atoms with Gasteiger partial charge in [-0.2, -0.15) is 18.3 Å². The van der Waals surface area contributed by atoms with E-state index in [1.54, 1.807) is 24.0 Å². The summed E-state index contributed by atoms with van der Waals surface area (Å²) in [7, 11) is -0.269. The summed E-state index contributed by atoms with van der Waals surface area (Å²) in [6.45, 7) is 0. The van der Waals surface area contributed by atoms with Crippen LogP contribution < -0.4 is 4.72 Å². The summed E-state index contributed by atoms with van der Waals surface area (Å²) in [6, 6.07) is 8.53. The SMILES string of the molecule is CNS(=O)(=O)CCc1cc(-c2ccc(C(F)(F)F)cc2)cc2c1cnn2C. The zero-order valence-electron chi connectivity index (χ0n) is 14.7. The second-order valence-corrected chi connectivity index (χ2v) is 8.23. The molecule has 0 unspecified atom stereocenters. The quantitative estimate of drug-likeness (QED) is 0.718. The number of aromatic nitrogens is 2. The Morgan fingerprint density at radius 3 is 2.37 bits per heavy atom. The first kappa shape index (κ1) is 19.4. The van der Waals surface area contributed by atoms with Gasteiger partial charge in [-0.1, -0.05) is 18.2 Å². The van der Waals surface area contributed by atoms with Crippen LogP contribution in [0.25, 0.3) is 22.0 Å². The molecule has 27 heavy (non-hydrogen) atoms. The highest BCUT2D eigenvalue weighted by Crippen LogP contribution is 2.32. The van der Waals surface area contributed by atoms with E-state index in [1.165, 1.54) is 19.2 Å². The van der Waals surface area contributed by atoms with E-state index in [1.807, 2.05) is 6.07 Å². The second-order valence-electron chi connectivity index (χ2n) is 6.18. The van der Waals surface area contributed by atoms with Crippen molar-refractivity contribution in [3.05, 3.63) is 53.7 Å². The maximum absolute atomic E-state index is 12.8. The Hall–Kier alpha value is -2.39. The van der Waals surface area contributed by atoms with Gasteiger partial charge >= 0.3 is 6.18 Å². The molecule has 3 rings (SSSR count). The van der Waals surface area contributed by atoms with Crippen LogP contribution in [0.4, 0.5) is 13.2 Å². The van der Waals surface area contributed by atoms with Crippen molar-refractivity contribution in [2.75, 3.05) is 12.8 Å². The zero-order chi connectivity index (χ0) is 19.8. The van der Waals surface area contributed by atoms with Gasteiger partial charge in [0.25, 0.3) is 0 Å². The van der Waals surface area contributed by atoms with Gasteiger partial charge in [-0.25, -0.2) is 13.1 Å². The van der Waals surface area contributed by atoms with Crippen molar-refractivity contribution in [1.29, 1.82) is 0 Å². The molecule has 0 bridgehead atoms. The van der Waals surface area contributed by atoms with Gasteiger partial charge in [0.05, 0.1) is 23.0 Å². The molecule has 0 fully saturated rings. The van der Waals surface area contributed by atoms with Gasteiger partial charge in [-0.15, -0.1) is 0 Å². The number of alkyl halides is 3. The van der Waals surface area contributed by atoms with Crippen molar-refractivity contribution >= 4 is 20.9 Å². The lowest BCUT2D eigenvalue weighted by Crippen LogP contribution is -2.23. The molecule has 2 aromatic carbocycles. The van der Waals surface area contributed by atoms with Crippen LogP contribution in [0.15, 0.2) is 42.6 Å². The standard InChI is InChI=1S/C18H18F3N3O2S/c1-22-27(25,26)8-7-13-9-14(10-17-16(13)11-23-24(17)2)12-3-5-15(6-4-12)18(19,20)21/h3-6,9-11,22H,7-8H2,1-2H3. The van der Waals surface area contributed by atoms with E-state index in [2.05, 4.69) is 9.82 Å². The van der Waals surface area contributed by atoms with E-state index < -0.39 is 21.8 Å². The number of halogens is 3. The Bertz CT molecular complexity index is 1070. The lowest BCUT2D eigenvalue weighted by molar-refractivity contribution is -0.137. The highest BCUT2D eigenvalue weighted by molar-refractivity contribution is 7.89. The second kappa shape index (κ2) is 6.97. The number of hydrogen-bond acceptors (Lipinski definition) is 3. The Morgan fingerprint density at radius 2 is 1.78 bits per heavy atom. The van der Waals surface area contributed by atoms with Crippen LogP contribution in [0.3, 0.4) is 0 Å². The van der Waals surface area contributed by atoms with Gasteiger partial charge in [-0.05, 0) is 48.4 Å². The molecule has 144 valence electrons. The third kappa shape index (κ3) is 4.14. The summed E-state index contributed by atoms with van der Waals surface area (Å²) < 4.78 is 65.8. The molecule has 0 spiro atoms. The summed E-state index contributed by atoms with van der Waals surface area (Å²) in [4.78, 5) is 0. The van der Waals surface area contributed by atoms with Crippen molar-refractivity contribution < 1.29 is 21.6 Å². The van der Waals surface area contributed by atoms with E-state index in [9.17, 15) is 21.6 Å². The summed E-state index contributed by atoms with van der Waals surface area (Å²) >= 11 is 0. The summed E-state index contributed by atoms with van der Waals surface area (Å²) in [5.41, 5.74) is 2.16. The van der Waals surface area contributed by atoms with Crippen LogP contribution >= 0.6 is 0 Å². The summed E-state index contributed by atoms with van der Waals surface area (Å²) in [6.07, 6.45) is -2.47. The number of nitrogens with one attached hydrogen (secondary N) is 1. The largest absolute Gasteiger partial charge is 0.416 e. The Morgan fingerprint density at radius 1 is 1.11 bits per heavy atom. The molecular formula is C18H18F3N3O2S. The van der Waals surface area contributed by atoms with Gasteiger partial charge in [0.1, 0.15) is 0 Å². The van der Waals surface area contributed by atoms with Crippen molar-refractivity contribution in [3.63, 3.8) is 0 Å². The van der Waals surface area contributed by atoms with Gasteiger partial charge in [-0.3, -0.25) is 4.68 Å². The minimum absolute atomic E-state index is 0.0933. The van der Waals surface area contributed by atoms with Crippen LogP contribution in [0.2, 0.25) is 0 Å². The average molecular weight is 397 g/mol. The first-order valence-corrected chi connectivity index (χ1v) is 9.79. The molecule has 1 heterocycles. The number of hydrogen-bond donors (Lipinski definition) is 1. The molecule has 0 atom stereocenters. The van der Waals surface area contributed by atoms with Crippen molar-refractivity contribution in [2.45, 2.75) is 12.6 Å². The molecule has 1 aromatic heterocycles. The van der Waals surface area contributed by atoms with Crippen LogP contribution in [-0.2, 0) is 29.7 Å². The molecular weight excluding hydrogens is 379 g/mol. The molecule has 0 saturated carbocycles.